The first-order valence-electron chi connectivity index (χ1n) is 8.22. The summed E-state index contributed by atoms with van der Waals surface area (Å²) in [6, 6.07) is 9.50. The first-order chi connectivity index (χ1) is 10.2. The van der Waals surface area contributed by atoms with E-state index in [4.69, 9.17) is 0 Å². The molecular formula is C18H25N3. The molecule has 21 heavy (non-hydrogen) atoms. The molecule has 0 bridgehead atoms. The fourth-order valence-corrected chi connectivity index (χ4v) is 4.34. The van der Waals surface area contributed by atoms with Gasteiger partial charge in [0.1, 0.15) is 0 Å². The maximum atomic E-state index is 3.70. The Balaban J connectivity index is 1.60. The van der Waals surface area contributed by atoms with Crippen LogP contribution >= 0.6 is 0 Å². The number of likely N-dealkylation sites (tertiary alicyclic amines) is 1. The Morgan fingerprint density at radius 1 is 1.24 bits per heavy atom. The van der Waals surface area contributed by atoms with Crippen LogP contribution in [-0.2, 0) is 13.6 Å². The minimum absolute atomic E-state index is 0.730. The summed E-state index contributed by atoms with van der Waals surface area (Å²) in [7, 11) is 2.21. The third-order valence-electron chi connectivity index (χ3n) is 5.56. The lowest BCUT2D eigenvalue weighted by atomic mass is 9.94. The van der Waals surface area contributed by atoms with Crippen molar-refractivity contribution in [2.75, 3.05) is 19.6 Å². The van der Waals surface area contributed by atoms with Crippen molar-refractivity contribution >= 4 is 10.9 Å². The second kappa shape index (κ2) is 5.15. The van der Waals surface area contributed by atoms with E-state index in [0.717, 1.165) is 18.5 Å². The smallest absolute Gasteiger partial charge is 0.0483 e. The summed E-state index contributed by atoms with van der Waals surface area (Å²) in [6.07, 6.45) is 2.75. The zero-order valence-corrected chi connectivity index (χ0v) is 13.1. The van der Waals surface area contributed by atoms with Crippen LogP contribution < -0.4 is 5.32 Å². The van der Waals surface area contributed by atoms with Crippen LogP contribution in [0.4, 0.5) is 0 Å². The summed E-state index contributed by atoms with van der Waals surface area (Å²) in [5.41, 5.74) is 4.30. The quantitative estimate of drug-likeness (QED) is 0.914. The van der Waals surface area contributed by atoms with Gasteiger partial charge in [0.25, 0.3) is 0 Å². The summed E-state index contributed by atoms with van der Waals surface area (Å²) in [4.78, 5) is 2.65. The number of hydrogen-bond donors (Lipinski definition) is 1. The average molecular weight is 283 g/mol. The Morgan fingerprint density at radius 2 is 2.10 bits per heavy atom. The van der Waals surface area contributed by atoms with E-state index in [1.165, 1.54) is 54.6 Å². The van der Waals surface area contributed by atoms with Crippen LogP contribution in [0.25, 0.3) is 10.9 Å². The number of nitrogens with one attached hydrogen (secondary N) is 1. The number of aromatic nitrogens is 1. The molecule has 3 heteroatoms. The molecule has 2 aliphatic rings. The van der Waals surface area contributed by atoms with Crippen molar-refractivity contribution in [2.45, 2.75) is 32.4 Å². The topological polar surface area (TPSA) is 20.2 Å². The third kappa shape index (κ3) is 2.19. The lowest BCUT2D eigenvalue weighted by Crippen LogP contribution is -2.40. The van der Waals surface area contributed by atoms with E-state index in [1.54, 1.807) is 0 Å². The molecule has 0 radical (unpaired) electrons. The van der Waals surface area contributed by atoms with E-state index in [2.05, 4.69) is 53.0 Å². The summed E-state index contributed by atoms with van der Waals surface area (Å²) in [6.45, 7) is 7.05. The van der Waals surface area contributed by atoms with Crippen molar-refractivity contribution in [3.8, 4) is 0 Å². The summed E-state index contributed by atoms with van der Waals surface area (Å²) >= 11 is 0. The number of benzene rings is 1. The molecule has 0 aliphatic carbocycles. The van der Waals surface area contributed by atoms with Gasteiger partial charge in [-0.15, -0.1) is 0 Å². The number of para-hydroxylation sites is 1. The predicted molar refractivity (Wildman–Crippen MR) is 87.4 cm³/mol. The third-order valence-corrected chi connectivity index (χ3v) is 5.56. The number of nitrogens with zero attached hydrogens (tertiary/aromatic N) is 2. The molecule has 4 rings (SSSR count). The maximum absolute atomic E-state index is 3.70. The second-order valence-electron chi connectivity index (χ2n) is 6.80. The van der Waals surface area contributed by atoms with E-state index < -0.39 is 0 Å². The lowest BCUT2D eigenvalue weighted by Gasteiger charge is -2.24. The Labute approximate surface area is 126 Å². The Kier molecular flexibility index (Phi) is 3.27. The van der Waals surface area contributed by atoms with Crippen molar-refractivity contribution in [2.24, 2.45) is 13.0 Å². The van der Waals surface area contributed by atoms with E-state index in [0.29, 0.717) is 0 Å². The highest BCUT2D eigenvalue weighted by Crippen LogP contribution is 2.29. The number of hydrogen-bond acceptors (Lipinski definition) is 2. The minimum Gasteiger partial charge on any atom is -0.346 e. The van der Waals surface area contributed by atoms with Gasteiger partial charge in [-0.3, -0.25) is 4.90 Å². The van der Waals surface area contributed by atoms with Crippen LogP contribution in [0.15, 0.2) is 24.3 Å². The van der Waals surface area contributed by atoms with E-state index in [1.807, 2.05) is 0 Å². The van der Waals surface area contributed by atoms with Crippen molar-refractivity contribution in [1.82, 2.24) is 14.8 Å². The van der Waals surface area contributed by atoms with Gasteiger partial charge in [-0.25, -0.2) is 0 Å². The first kappa shape index (κ1) is 13.4. The van der Waals surface area contributed by atoms with Crippen LogP contribution in [0.2, 0.25) is 0 Å². The van der Waals surface area contributed by atoms with Gasteiger partial charge >= 0.3 is 0 Å². The van der Waals surface area contributed by atoms with Gasteiger partial charge in [0.2, 0.25) is 0 Å². The van der Waals surface area contributed by atoms with Gasteiger partial charge in [0, 0.05) is 49.3 Å². The summed E-state index contributed by atoms with van der Waals surface area (Å²) in [5.74, 6) is 0.869. The van der Waals surface area contributed by atoms with Crippen molar-refractivity contribution < 1.29 is 0 Å². The van der Waals surface area contributed by atoms with Gasteiger partial charge in [0.15, 0.2) is 0 Å². The monoisotopic (exact) mass is 283 g/mol. The van der Waals surface area contributed by atoms with Gasteiger partial charge < -0.3 is 9.88 Å². The molecule has 0 saturated carbocycles. The lowest BCUT2D eigenvalue weighted by molar-refractivity contribution is 0.306. The van der Waals surface area contributed by atoms with Gasteiger partial charge in [-0.2, -0.15) is 0 Å². The number of rotatable bonds is 2. The van der Waals surface area contributed by atoms with E-state index >= 15 is 0 Å². The predicted octanol–water partition coefficient (Wildman–Crippen LogP) is 2.67. The molecular weight excluding hydrogens is 258 g/mol. The molecule has 2 atom stereocenters. The van der Waals surface area contributed by atoms with Crippen LogP contribution in [0.1, 0.15) is 24.1 Å². The molecule has 2 saturated heterocycles. The zero-order chi connectivity index (χ0) is 14.4. The number of fused-ring (bicyclic) bond motifs is 2. The molecule has 0 spiro atoms. The minimum atomic E-state index is 0.730. The van der Waals surface area contributed by atoms with Crippen LogP contribution in [0, 0.1) is 12.8 Å². The van der Waals surface area contributed by atoms with Gasteiger partial charge in [-0.05, 0) is 43.9 Å². The normalized spacial score (nSPS) is 26.4. The largest absolute Gasteiger partial charge is 0.346 e. The van der Waals surface area contributed by atoms with Crippen LogP contribution in [0.5, 0.6) is 0 Å². The molecule has 2 unspecified atom stereocenters. The molecule has 3 heterocycles. The molecule has 2 aromatic rings. The SMILES string of the molecule is Cc1c(CN2CC3CCCNC3C2)n(C)c2ccccc12. The number of piperidine rings is 1. The fourth-order valence-electron chi connectivity index (χ4n) is 4.34. The van der Waals surface area contributed by atoms with Gasteiger partial charge in [-0.1, -0.05) is 18.2 Å². The Morgan fingerprint density at radius 3 is 2.90 bits per heavy atom. The number of aryl methyl sites for hydroxylation is 2. The molecule has 1 N–H and O–H groups in total. The highest BCUT2D eigenvalue weighted by atomic mass is 15.2. The average Bonchev–Trinajstić information content (AvgIpc) is 3.02. The zero-order valence-electron chi connectivity index (χ0n) is 13.1. The molecule has 2 aliphatic heterocycles. The van der Waals surface area contributed by atoms with Crippen LogP contribution in [-0.4, -0.2) is 35.1 Å². The Hall–Kier alpha value is -1.32. The Bertz CT molecular complexity index is 605. The fraction of sp³-hybridized carbons (Fsp3) is 0.556. The summed E-state index contributed by atoms with van der Waals surface area (Å²) < 4.78 is 2.39. The van der Waals surface area contributed by atoms with Crippen molar-refractivity contribution in [3.63, 3.8) is 0 Å². The first-order valence-corrected chi connectivity index (χ1v) is 8.22. The van der Waals surface area contributed by atoms with Crippen molar-refractivity contribution in [3.05, 3.63) is 35.5 Å². The standard InChI is InChI=1S/C18H25N3/c1-13-15-7-3-4-8-17(15)20(2)18(13)12-21-10-14-6-5-9-19-16(14)11-21/h3-4,7-8,14,16,19H,5-6,9-12H2,1-2H3. The molecule has 0 amide bonds. The molecule has 1 aromatic heterocycles. The molecule has 3 nitrogen and oxygen atoms in total. The van der Waals surface area contributed by atoms with E-state index in [-0.39, 0.29) is 0 Å². The van der Waals surface area contributed by atoms with E-state index in [9.17, 15) is 0 Å². The highest BCUT2D eigenvalue weighted by molar-refractivity contribution is 5.85. The highest BCUT2D eigenvalue weighted by Gasteiger charge is 2.34. The molecule has 1 aromatic carbocycles. The molecule has 2 fully saturated rings. The second-order valence-corrected chi connectivity index (χ2v) is 6.80. The molecule has 112 valence electrons. The van der Waals surface area contributed by atoms with Crippen molar-refractivity contribution in [1.29, 1.82) is 0 Å². The summed E-state index contributed by atoms with van der Waals surface area (Å²) in [5, 5.41) is 5.11. The van der Waals surface area contributed by atoms with Crippen LogP contribution in [0.3, 0.4) is 0 Å². The maximum Gasteiger partial charge on any atom is 0.0483 e. The van der Waals surface area contributed by atoms with Gasteiger partial charge in [0.05, 0.1) is 0 Å².